The van der Waals surface area contributed by atoms with Gasteiger partial charge >= 0.3 is 0 Å². The summed E-state index contributed by atoms with van der Waals surface area (Å²) in [5, 5.41) is 13.1. The average molecular weight is 512 g/mol. The van der Waals surface area contributed by atoms with E-state index in [1.54, 1.807) is 0 Å². The van der Waals surface area contributed by atoms with Gasteiger partial charge in [-0.15, -0.1) is 0 Å². The number of sulfone groups is 2. The maximum Gasteiger partial charge on any atom is 0.269 e. The number of benzene rings is 2. The third-order valence-electron chi connectivity index (χ3n) is 4.37. The molecule has 0 aliphatic heterocycles. The predicted molar refractivity (Wildman–Crippen MR) is 119 cm³/mol. The third-order valence-corrected chi connectivity index (χ3v) is 9.25. The Labute approximate surface area is 193 Å². The van der Waals surface area contributed by atoms with E-state index in [4.69, 9.17) is 4.74 Å². The second-order valence-corrected chi connectivity index (χ2v) is 11.8. The lowest BCUT2D eigenvalue weighted by Gasteiger charge is -2.06. The van der Waals surface area contributed by atoms with E-state index in [2.05, 4.69) is 10.3 Å². The number of ether oxygens (including phenoxy) is 1. The molecule has 0 aliphatic carbocycles. The number of anilines is 1. The van der Waals surface area contributed by atoms with E-state index < -0.39 is 36.3 Å². The number of carbonyl (C=O) groups excluding carboxylic acids is 1. The molecule has 3 aromatic rings. The number of methoxy groups -OCH3 is 1. The van der Waals surface area contributed by atoms with Gasteiger partial charge in [0.25, 0.3) is 5.69 Å². The van der Waals surface area contributed by atoms with Gasteiger partial charge in [0.2, 0.25) is 15.7 Å². The van der Waals surface area contributed by atoms with Crippen LogP contribution in [0.2, 0.25) is 0 Å². The molecule has 0 bridgehead atoms. The highest BCUT2D eigenvalue weighted by molar-refractivity contribution is 7.93. The SMILES string of the molecule is COc1ccc(S(=O)(=O)CCC(=O)Nc2ncc(S(=O)(=O)c3ccc([N+](=O)[O-])cc3)s2)cc1. The highest BCUT2D eigenvalue weighted by Crippen LogP contribution is 2.29. The van der Waals surface area contributed by atoms with Gasteiger partial charge in [-0.3, -0.25) is 14.9 Å². The molecule has 33 heavy (non-hydrogen) atoms. The summed E-state index contributed by atoms with van der Waals surface area (Å²) >= 11 is 0.679. The van der Waals surface area contributed by atoms with Crippen LogP contribution < -0.4 is 10.1 Å². The minimum Gasteiger partial charge on any atom is -0.497 e. The van der Waals surface area contributed by atoms with Crippen molar-refractivity contribution in [2.45, 2.75) is 20.4 Å². The number of amides is 1. The molecular formula is C19H17N3O8S3. The maximum absolute atomic E-state index is 12.7. The number of thiazole rings is 1. The first-order chi connectivity index (χ1) is 15.5. The van der Waals surface area contributed by atoms with Crippen molar-refractivity contribution in [3.05, 3.63) is 64.8 Å². The Bertz CT molecular complexity index is 1380. The van der Waals surface area contributed by atoms with Crippen molar-refractivity contribution in [1.82, 2.24) is 4.98 Å². The van der Waals surface area contributed by atoms with Gasteiger partial charge in [0.1, 0.15) is 9.96 Å². The number of hydrogen-bond donors (Lipinski definition) is 1. The summed E-state index contributed by atoms with van der Waals surface area (Å²) < 4.78 is 54.9. The third kappa shape index (κ3) is 5.71. The zero-order chi connectivity index (χ0) is 24.2. The Hall–Kier alpha value is -3.36. The number of nitrogens with one attached hydrogen (secondary N) is 1. The van der Waals surface area contributed by atoms with Crippen molar-refractivity contribution in [3.8, 4) is 5.75 Å². The van der Waals surface area contributed by atoms with Crippen LogP contribution in [0.3, 0.4) is 0 Å². The lowest BCUT2D eigenvalue weighted by molar-refractivity contribution is -0.384. The zero-order valence-electron chi connectivity index (χ0n) is 17.0. The molecule has 0 fully saturated rings. The minimum atomic E-state index is -4.00. The molecule has 11 nitrogen and oxygen atoms in total. The van der Waals surface area contributed by atoms with Crippen LogP contribution in [0, 0.1) is 10.1 Å². The minimum absolute atomic E-state index is 0.0256. The van der Waals surface area contributed by atoms with Gasteiger partial charge in [-0.1, -0.05) is 11.3 Å². The molecule has 0 aliphatic rings. The fraction of sp³-hybridized carbons (Fsp3) is 0.158. The molecule has 2 aromatic carbocycles. The van der Waals surface area contributed by atoms with Crippen molar-refractivity contribution in [2.24, 2.45) is 0 Å². The standard InChI is InChI=1S/C19H17N3O8S3/c1-30-14-4-8-15(9-5-14)32(26,27)11-10-17(23)21-19-20-12-18(31-19)33(28,29)16-6-2-13(3-7-16)22(24)25/h2-9,12H,10-11H2,1H3,(H,20,21,23). The Morgan fingerprint density at radius 1 is 1.06 bits per heavy atom. The molecule has 0 saturated heterocycles. The Morgan fingerprint density at radius 2 is 1.67 bits per heavy atom. The summed E-state index contributed by atoms with van der Waals surface area (Å²) in [4.78, 5) is 26.0. The normalized spacial score (nSPS) is 11.7. The van der Waals surface area contributed by atoms with Crippen molar-refractivity contribution in [3.63, 3.8) is 0 Å². The van der Waals surface area contributed by atoms with Crippen molar-refractivity contribution in [2.75, 3.05) is 18.2 Å². The van der Waals surface area contributed by atoms with Crippen LogP contribution in [0.25, 0.3) is 0 Å². The van der Waals surface area contributed by atoms with E-state index in [9.17, 15) is 31.7 Å². The average Bonchev–Trinajstić information content (AvgIpc) is 3.27. The first-order valence-corrected chi connectivity index (χ1v) is 13.1. The highest BCUT2D eigenvalue weighted by atomic mass is 32.2. The van der Waals surface area contributed by atoms with Crippen LogP contribution in [-0.4, -0.2) is 45.5 Å². The maximum atomic E-state index is 12.7. The molecule has 174 valence electrons. The van der Waals surface area contributed by atoms with E-state index in [1.165, 1.54) is 31.4 Å². The van der Waals surface area contributed by atoms with Gasteiger partial charge in [0.05, 0.1) is 33.8 Å². The number of nitro groups is 1. The fourth-order valence-electron chi connectivity index (χ4n) is 2.61. The molecule has 3 rings (SSSR count). The smallest absolute Gasteiger partial charge is 0.269 e. The second-order valence-electron chi connectivity index (χ2n) is 6.53. The van der Waals surface area contributed by atoms with Crippen LogP contribution in [0.1, 0.15) is 6.42 Å². The van der Waals surface area contributed by atoms with Crippen LogP contribution in [0.4, 0.5) is 10.8 Å². The summed E-state index contributed by atoms with van der Waals surface area (Å²) in [6.45, 7) is 0. The van der Waals surface area contributed by atoms with Gasteiger partial charge in [-0.05, 0) is 36.4 Å². The van der Waals surface area contributed by atoms with Crippen LogP contribution in [0.5, 0.6) is 5.75 Å². The Morgan fingerprint density at radius 3 is 2.24 bits per heavy atom. The van der Waals surface area contributed by atoms with Gasteiger partial charge in [0, 0.05) is 18.6 Å². The topological polar surface area (TPSA) is 163 Å². The fourth-order valence-corrected chi connectivity index (χ4v) is 6.30. The predicted octanol–water partition coefficient (Wildman–Crippen LogP) is 2.70. The van der Waals surface area contributed by atoms with Gasteiger partial charge in [-0.25, -0.2) is 21.8 Å². The molecule has 1 amide bonds. The van der Waals surface area contributed by atoms with Gasteiger partial charge < -0.3 is 10.1 Å². The van der Waals surface area contributed by atoms with Crippen molar-refractivity contribution >= 4 is 47.7 Å². The Kier molecular flexibility index (Phi) is 7.09. The molecule has 0 radical (unpaired) electrons. The van der Waals surface area contributed by atoms with Crippen LogP contribution in [0.15, 0.2) is 68.7 Å². The van der Waals surface area contributed by atoms with Crippen LogP contribution >= 0.6 is 11.3 Å². The number of rotatable bonds is 9. The first-order valence-electron chi connectivity index (χ1n) is 9.15. The summed E-state index contributed by atoms with van der Waals surface area (Å²) in [7, 11) is -6.26. The molecule has 0 unspecified atom stereocenters. The van der Waals surface area contributed by atoms with Crippen molar-refractivity contribution < 1.29 is 31.3 Å². The largest absolute Gasteiger partial charge is 0.497 e. The molecule has 1 aromatic heterocycles. The summed E-state index contributed by atoms with van der Waals surface area (Å²) in [6.07, 6.45) is 0.684. The quantitative estimate of drug-likeness (QED) is 0.336. The number of non-ortho nitro benzene ring substituents is 1. The molecular weight excluding hydrogens is 494 g/mol. The molecule has 1 N–H and O–H groups in total. The van der Waals surface area contributed by atoms with Gasteiger partial charge in [-0.2, -0.15) is 0 Å². The van der Waals surface area contributed by atoms with Crippen molar-refractivity contribution in [1.29, 1.82) is 0 Å². The summed E-state index contributed by atoms with van der Waals surface area (Å²) in [5.74, 6) is -0.611. The summed E-state index contributed by atoms with van der Waals surface area (Å²) in [5.41, 5.74) is -0.254. The van der Waals surface area contributed by atoms with Crippen LogP contribution in [-0.2, 0) is 24.5 Å². The lowest BCUT2D eigenvalue weighted by atomic mass is 10.3. The monoisotopic (exact) mass is 511 g/mol. The zero-order valence-corrected chi connectivity index (χ0v) is 19.4. The van der Waals surface area contributed by atoms with E-state index in [0.717, 1.165) is 30.5 Å². The molecule has 0 spiro atoms. The highest BCUT2D eigenvalue weighted by Gasteiger charge is 2.23. The number of hydrogen-bond acceptors (Lipinski definition) is 10. The number of aromatic nitrogens is 1. The molecule has 0 saturated carbocycles. The number of nitro benzene ring substituents is 1. The summed E-state index contributed by atoms with van der Waals surface area (Å²) in [6, 6.07) is 10.1. The van der Waals surface area contributed by atoms with E-state index >= 15 is 0 Å². The van der Waals surface area contributed by atoms with E-state index in [1.807, 2.05) is 0 Å². The van der Waals surface area contributed by atoms with Gasteiger partial charge in [0.15, 0.2) is 15.0 Å². The lowest BCUT2D eigenvalue weighted by Crippen LogP contribution is -2.17. The second kappa shape index (κ2) is 9.64. The molecule has 0 atom stereocenters. The molecule has 1 heterocycles. The van der Waals surface area contributed by atoms with E-state index in [-0.39, 0.29) is 31.2 Å². The first kappa shape index (κ1) is 24.3. The van der Waals surface area contributed by atoms with E-state index in [0.29, 0.717) is 17.1 Å². The number of carbonyl (C=O) groups is 1. The number of nitrogens with zero attached hydrogens (tertiary/aromatic N) is 2. The Balaban J connectivity index is 1.64. The molecule has 14 heteroatoms.